The molecule has 0 aromatic heterocycles. The molecule has 1 aromatic rings. The highest BCUT2D eigenvalue weighted by Crippen LogP contribution is 2.24. The van der Waals surface area contributed by atoms with Crippen LogP contribution in [-0.4, -0.2) is 49.6 Å². The molecule has 0 aliphatic rings. The van der Waals surface area contributed by atoms with Crippen molar-refractivity contribution in [3.05, 3.63) is 35.6 Å². The second-order valence-corrected chi connectivity index (χ2v) is 5.69. The zero-order valence-electron chi connectivity index (χ0n) is 13.1. The lowest BCUT2D eigenvalue weighted by molar-refractivity contribution is 0.161. The van der Waals surface area contributed by atoms with Crippen molar-refractivity contribution in [2.45, 2.75) is 32.4 Å². The first-order valence-corrected chi connectivity index (χ1v) is 7.35. The summed E-state index contributed by atoms with van der Waals surface area (Å²) in [5, 5.41) is 0. The van der Waals surface area contributed by atoms with Crippen molar-refractivity contribution in [1.29, 1.82) is 0 Å². The average molecular weight is 281 g/mol. The highest BCUT2D eigenvalue weighted by molar-refractivity contribution is 5.21. The number of halogens is 1. The fraction of sp³-hybridized carbons (Fsp3) is 0.625. The molecule has 0 aliphatic heterocycles. The van der Waals surface area contributed by atoms with E-state index in [0.717, 1.165) is 31.6 Å². The molecule has 4 heteroatoms. The standard InChI is InChI=1S/C16H28FN3/c1-5-10-20(12-11-19(3)4)16(13(2)18)14-6-8-15(17)9-7-14/h6-9,13,16H,5,10-12,18H2,1-4H3. The SMILES string of the molecule is CCCN(CCN(C)C)C(c1ccc(F)cc1)C(C)N. The summed E-state index contributed by atoms with van der Waals surface area (Å²) >= 11 is 0. The van der Waals surface area contributed by atoms with Gasteiger partial charge in [0, 0.05) is 25.2 Å². The zero-order chi connectivity index (χ0) is 15.1. The van der Waals surface area contributed by atoms with Gasteiger partial charge < -0.3 is 10.6 Å². The van der Waals surface area contributed by atoms with Gasteiger partial charge in [0.1, 0.15) is 5.82 Å². The average Bonchev–Trinajstić information content (AvgIpc) is 2.38. The summed E-state index contributed by atoms with van der Waals surface area (Å²) in [5.74, 6) is -0.201. The van der Waals surface area contributed by atoms with Crippen LogP contribution in [-0.2, 0) is 0 Å². The second kappa shape index (κ2) is 8.35. The molecule has 114 valence electrons. The second-order valence-electron chi connectivity index (χ2n) is 5.69. The molecule has 3 nitrogen and oxygen atoms in total. The van der Waals surface area contributed by atoms with E-state index in [9.17, 15) is 4.39 Å². The highest BCUT2D eigenvalue weighted by Gasteiger charge is 2.23. The van der Waals surface area contributed by atoms with Crippen LogP contribution in [0.15, 0.2) is 24.3 Å². The third kappa shape index (κ3) is 5.19. The largest absolute Gasteiger partial charge is 0.326 e. The topological polar surface area (TPSA) is 32.5 Å². The van der Waals surface area contributed by atoms with Crippen LogP contribution in [0.2, 0.25) is 0 Å². The van der Waals surface area contributed by atoms with Gasteiger partial charge in [0.05, 0.1) is 0 Å². The molecule has 2 N–H and O–H groups in total. The Morgan fingerprint density at radius 3 is 2.15 bits per heavy atom. The van der Waals surface area contributed by atoms with Crippen molar-refractivity contribution in [1.82, 2.24) is 9.80 Å². The van der Waals surface area contributed by atoms with Crippen molar-refractivity contribution in [3.8, 4) is 0 Å². The summed E-state index contributed by atoms with van der Waals surface area (Å²) in [6.07, 6.45) is 1.08. The van der Waals surface area contributed by atoms with Crippen LogP contribution >= 0.6 is 0 Å². The smallest absolute Gasteiger partial charge is 0.123 e. The molecule has 0 spiro atoms. The Balaban J connectivity index is 2.91. The van der Waals surface area contributed by atoms with Crippen LogP contribution in [0.25, 0.3) is 0 Å². The number of benzene rings is 1. The Hall–Kier alpha value is -0.970. The lowest BCUT2D eigenvalue weighted by Crippen LogP contribution is -2.42. The van der Waals surface area contributed by atoms with Gasteiger partial charge in [0.15, 0.2) is 0 Å². The van der Waals surface area contributed by atoms with Gasteiger partial charge in [0.25, 0.3) is 0 Å². The van der Waals surface area contributed by atoms with E-state index in [1.54, 1.807) is 0 Å². The number of likely N-dealkylation sites (N-methyl/N-ethyl adjacent to an activating group) is 1. The highest BCUT2D eigenvalue weighted by atomic mass is 19.1. The van der Waals surface area contributed by atoms with Crippen LogP contribution < -0.4 is 5.73 Å². The van der Waals surface area contributed by atoms with Crippen LogP contribution in [0.4, 0.5) is 4.39 Å². The molecule has 2 atom stereocenters. The molecule has 1 aromatic carbocycles. The van der Waals surface area contributed by atoms with Gasteiger partial charge in [-0.3, -0.25) is 4.90 Å². The van der Waals surface area contributed by atoms with E-state index < -0.39 is 0 Å². The minimum Gasteiger partial charge on any atom is -0.326 e. The quantitative estimate of drug-likeness (QED) is 0.794. The molecule has 0 fully saturated rings. The van der Waals surface area contributed by atoms with Gasteiger partial charge in [-0.2, -0.15) is 0 Å². The molecule has 0 saturated carbocycles. The minimum absolute atomic E-state index is 0.00849. The molecule has 0 saturated heterocycles. The van der Waals surface area contributed by atoms with Gasteiger partial charge in [-0.15, -0.1) is 0 Å². The summed E-state index contributed by atoms with van der Waals surface area (Å²) in [4.78, 5) is 4.57. The van der Waals surface area contributed by atoms with Crippen LogP contribution in [0.5, 0.6) is 0 Å². The van der Waals surface area contributed by atoms with Crippen molar-refractivity contribution in [2.24, 2.45) is 5.73 Å². The number of rotatable bonds is 8. The first-order chi connectivity index (χ1) is 9.45. The lowest BCUT2D eigenvalue weighted by atomic mass is 9.98. The van der Waals surface area contributed by atoms with E-state index in [0.29, 0.717) is 0 Å². The summed E-state index contributed by atoms with van der Waals surface area (Å²) in [5.41, 5.74) is 7.29. The summed E-state index contributed by atoms with van der Waals surface area (Å²) in [7, 11) is 4.14. The number of hydrogen-bond acceptors (Lipinski definition) is 3. The van der Waals surface area contributed by atoms with E-state index in [1.807, 2.05) is 19.1 Å². The number of nitrogens with zero attached hydrogens (tertiary/aromatic N) is 2. The Morgan fingerprint density at radius 1 is 1.10 bits per heavy atom. The predicted octanol–water partition coefficient (Wildman–Crippen LogP) is 2.49. The van der Waals surface area contributed by atoms with Crippen LogP contribution in [0, 0.1) is 5.82 Å². The van der Waals surface area contributed by atoms with Gasteiger partial charge in [-0.05, 0) is 51.7 Å². The maximum absolute atomic E-state index is 13.1. The summed E-state index contributed by atoms with van der Waals surface area (Å²) < 4.78 is 13.1. The van der Waals surface area contributed by atoms with Crippen LogP contribution in [0.1, 0.15) is 31.9 Å². The molecule has 1 rings (SSSR count). The molecule has 0 bridgehead atoms. The third-order valence-electron chi connectivity index (χ3n) is 3.45. The van der Waals surface area contributed by atoms with E-state index in [-0.39, 0.29) is 17.9 Å². The fourth-order valence-corrected chi connectivity index (χ4v) is 2.51. The molecular formula is C16H28FN3. The van der Waals surface area contributed by atoms with E-state index in [2.05, 4.69) is 30.8 Å². The van der Waals surface area contributed by atoms with Crippen LogP contribution in [0.3, 0.4) is 0 Å². The summed E-state index contributed by atoms with van der Waals surface area (Å²) in [6.45, 7) is 7.14. The minimum atomic E-state index is -0.201. The molecule has 2 unspecified atom stereocenters. The maximum atomic E-state index is 13.1. The molecule has 0 radical (unpaired) electrons. The van der Waals surface area contributed by atoms with Gasteiger partial charge in [-0.25, -0.2) is 4.39 Å². The van der Waals surface area contributed by atoms with Gasteiger partial charge in [-0.1, -0.05) is 19.1 Å². The lowest BCUT2D eigenvalue weighted by Gasteiger charge is -2.35. The Kier molecular flexibility index (Phi) is 7.13. The molecule has 20 heavy (non-hydrogen) atoms. The van der Waals surface area contributed by atoms with Gasteiger partial charge in [0.2, 0.25) is 0 Å². The first-order valence-electron chi connectivity index (χ1n) is 7.35. The summed E-state index contributed by atoms with van der Waals surface area (Å²) in [6, 6.07) is 6.87. The van der Waals surface area contributed by atoms with Crippen molar-refractivity contribution in [3.63, 3.8) is 0 Å². The third-order valence-corrected chi connectivity index (χ3v) is 3.45. The molecular weight excluding hydrogens is 253 g/mol. The molecule has 0 heterocycles. The monoisotopic (exact) mass is 281 g/mol. The normalized spacial score (nSPS) is 14.8. The van der Waals surface area contributed by atoms with E-state index in [4.69, 9.17) is 5.73 Å². The van der Waals surface area contributed by atoms with Crippen molar-refractivity contribution < 1.29 is 4.39 Å². The first kappa shape index (κ1) is 17.1. The van der Waals surface area contributed by atoms with Crippen molar-refractivity contribution >= 4 is 0 Å². The van der Waals surface area contributed by atoms with Crippen molar-refractivity contribution in [2.75, 3.05) is 33.7 Å². The number of hydrogen-bond donors (Lipinski definition) is 1. The number of nitrogens with two attached hydrogens (primary N) is 1. The molecule has 0 aliphatic carbocycles. The maximum Gasteiger partial charge on any atom is 0.123 e. The molecule has 0 amide bonds. The fourth-order valence-electron chi connectivity index (χ4n) is 2.51. The van der Waals surface area contributed by atoms with E-state index >= 15 is 0 Å². The Labute approximate surface area is 122 Å². The van der Waals surface area contributed by atoms with E-state index in [1.165, 1.54) is 12.1 Å². The Bertz CT molecular complexity index is 376. The predicted molar refractivity (Wildman–Crippen MR) is 83.2 cm³/mol. The zero-order valence-corrected chi connectivity index (χ0v) is 13.1. The Morgan fingerprint density at radius 2 is 1.70 bits per heavy atom. The van der Waals surface area contributed by atoms with Gasteiger partial charge >= 0.3 is 0 Å².